The molecular formula is C22H25N3O3. The van der Waals surface area contributed by atoms with E-state index in [4.69, 9.17) is 14.7 Å². The quantitative estimate of drug-likeness (QED) is 0.853. The third kappa shape index (κ3) is 5.48. The normalized spacial score (nSPS) is 19.0. The Bertz CT molecular complexity index is 835. The van der Waals surface area contributed by atoms with Gasteiger partial charge in [-0.2, -0.15) is 5.26 Å². The zero-order chi connectivity index (χ0) is 19.9. The van der Waals surface area contributed by atoms with Crippen LogP contribution in [-0.4, -0.2) is 36.2 Å². The van der Waals surface area contributed by atoms with Crippen LogP contribution in [0.1, 0.15) is 25.0 Å². The highest BCUT2D eigenvalue weighted by Crippen LogP contribution is 2.18. The molecule has 1 N–H and O–H groups in total. The van der Waals surface area contributed by atoms with Gasteiger partial charge >= 0.3 is 6.03 Å². The monoisotopic (exact) mass is 379 g/mol. The average molecular weight is 379 g/mol. The molecule has 0 aromatic heterocycles. The van der Waals surface area contributed by atoms with Gasteiger partial charge in [-0.1, -0.05) is 24.3 Å². The molecule has 2 atom stereocenters. The molecule has 2 aromatic carbocycles. The highest BCUT2D eigenvalue weighted by Gasteiger charge is 2.25. The van der Waals surface area contributed by atoms with Crippen molar-refractivity contribution in [1.82, 2.24) is 4.90 Å². The van der Waals surface area contributed by atoms with Crippen LogP contribution in [0.25, 0.3) is 0 Å². The van der Waals surface area contributed by atoms with E-state index in [0.29, 0.717) is 26.1 Å². The molecule has 0 radical (unpaired) electrons. The first kappa shape index (κ1) is 19.7. The minimum absolute atomic E-state index is 0.0359. The molecular weight excluding hydrogens is 354 g/mol. The Balaban J connectivity index is 1.56. The van der Waals surface area contributed by atoms with Crippen LogP contribution in [0.5, 0.6) is 5.75 Å². The second-order valence-corrected chi connectivity index (χ2v) is 7.06. The Morgan fingerprint density at radius 1 is 1.18 bits per heavy atom. The molecule has 28 heavy (non-hydrogen) atoms. The Morgan fingerprint density at radius 2 is 1.89 bits per heavy atom. The largest absolute Gasteiger partial charge is 0.489 e. The maximum Gasteiger partial charge on any atom is 0.322 e. The van der Waals surface area contributed by atoms with Crippen LogP contribution in [0.15, 0.2) is 48.5 Å². The van der Waals surface area contributed by atoms with Gasteiger partial charge in [-0.15, -0.1) is 0 Å². The molecule has 2 unspecified atom stereocenters. The number of nitrogens with one attached hydrogen (secondary N) is 1. The van der Waals surface area contributed by atoms with E-state index in [9.17, 15) is 4.79 Å². The van der Waals surface area contributed by atoms with Crippen LogP contribution in [0.3, 0.4) is 0 Å². The summed E-state index contributed by atoms with van der Waals surface area (Å²) in [6.07, 6.45) is 0.463. The third-order valence-corrected chi connectivity index (χ3v) is 4.50. The van der Waals surface area contributed by atoms with Crippen LogP contribution in [-0.2, 0) is 17.8 Å². The standard InChI is InChI=1S/C22H25N3O3/c1-16-13-25(14-17(2)28-16)22(26)24-20-5-3-4-19(12-20)15-27-21-8-6-18(7-9-21)10-11-23/h3-9,12,16-17H,10,13-15H2,1-2H3,(H,24,26). The fraction of sp³-hybridized carbons (Fsp3) is 0.364. The molecule has 0 spiro atoms. The lowest BCUT2D eigenvalue weighted by atomic mass is 10.1. The van der Waals surface area contributed by atoms with E-state index < -0.39 is 0 Å². The van der Waals surface area contributed by atoms with Crippen molar-refractivity contribution < 1.29 is 14.3 Å². The summed E-state index contributed by atoms with van der Waals surface area (Å²) in [5, 5.41) is 11.7. The van der Waals surface area contributed by atoms with E-state index in [2.05, 4.69) is 11.4 Å². The number of carbonyl (C=O) groups is 1. The molecule has 6 nitrogen and oxygen atoms in total. The van der Waals surface area contributed by atoms with E-state index in [1.165, 1.54) is 0 Å². The number of morpholine rings is 1. The van der Waals surface area contributed by atoms with Gasteiger partial charge < -0.3 is 19.7 Å². The van der Waals surface area contributed by atoms with Crippen LogP contribution < -0.4 is 10.1 Å². The van der Waals surface area contributed by atoms with Crippen molar-refractivity contribution in [2.75, 3.05) is 18.4 Å². The average Bonchev–Trinajstić information content (AvgIpc) is 2.67. The smallest absolute Gasteiger partial charge is 0.322 e. The molecule has 1 fully saturated rings. The SMILES string of the molecule is CC1CN(C(=O)Nc2cccc(COc3ccc(CC#N)cc3)c2)CC(C)O1. The zero-order valence-electron chi connectivity index (χ0n) is 16.2. The topological polar surface area (TPSA) is 74.6 Å². The van der Waals surface area contributed by atoms with Crippen molar-refractivity contribution in [3.63, 3.8) is 0 Å². The Labute approximate surface area is 165 Å². The van der Waals surface area contributed by atoms with Crippen LogP contribution >= 0.6 is 0 Å². The first-order valence-electron chi connectivity index (χ1n) is 9.42. The maximum absolute atomic E-state index is 12.5. The van der Waals surface area contributed by atoms with Crippen molar-refractivity contribution in [1.29, 1.82) is 5.26 Å². The number of rotatable bonds is 5. The van der Waals surface area contributed by atoms with Crippen molar-refractivity contribution in [3.05, 3.63) is 59.7 Å². The van der Waals surface area contributed by atoms with Crippen LogP contribution in [0, 0.1) is 11.3 Å². The molecule has 0 bridgehead atoms. The van der Waals surface area contributed by atoms with Gasteiger partial charge in [0, 0.05) is 18.8 Å². The van der Waals surface area contributed by atoms with E-state index in [0.717, 1.165) is 22.6 Å². The number of hydrogen-bond acceptors (Lipinski definition) is 4. The van der Waals surface area contributed by atoms with Gasteiger partial charge in [-0.25, -0.2) is 4.79 Å². The van der Waals surface area contributed by atoms with Crippen molar-refractivity contribution >= 4 is 11.7 Å². The number of anilines is 1. The fourth-order valence-corrected chi connectivity index (χ4v) is 3.25. The highest BCUT2D eigenvalue weighted by molar-refractivity contribution is 5.89. The lowest BCUT2D eigenvalue weighted by Crippen LogP contribution is -2.49. The van der Waals surface area contributed by atoms with Gasteiger partial charge in [0.05, 0.1) is 24.7 Å². The Hall–Kier alpha value is -3.04. The summed E-state index contributed by atoms with van der Waals surface area (Å²) in [4.78, 5) is 14.3. The Kier molecular flexibility index (Phi) is 6.51. The number of nitrogens with zero attached hydrogens (tertiary/aromatic N) is 2. The summed E-state index contributed by atoms with van der Waals surface area (Å²) in [5.41, 5.74) is 2.66. The third-order valence-electron chi connectivity index (χ3n) is 4.50. The number of benzene rings is 2. The molecule has 1 saturated heterocycles. The van der Waals surface area contributed by atoms with Gasteiger partial charge in [0.15, 0.2) is 0 Å². The summed E-state index contributed by atoms with van der Waals surface area (Å²) in [6, 6.07) is 17.1. The van der Waals surface area contributed by atoms with E-state index in [-0.39, 0.29) is 18.2 Å². The number of ether oxygens (including phenoxy) is 2. The first-order chi connectivity index (χ1) is 13.5. The molecule has 2 aromatic rings. The van der Waals surface area contributed by atoms with E-state index in [1.54, 1.807) is 4.90 Å². The first-order valence-corrected chi connectivity index (χ1v) is 9.42. The summed E-state index contributed by atoms with van der Waals surface area (Å²) >= 11 is 0. The van der Waals surface area contributed by atoms with Gasteiger partial charge in [-0.3, -0.25) is 0 Å². The summed E-state index contributed by atoms with van der Waals surface area (Å²) < 4.78 is 11.5. The number of amides is 2. The summed E-state index contributed by atoms with van der Waals surface area (Å²) in [7, 11) is 0. The highest BCUT2D eigenvalue weighted by atomic mass is 16.5. The van der Waals surface area contributed by atoms with Crippen LogP contribution in [0.4, 0.5) is 10.5 Å². The summed E-state index contributed by atoms with van der Waals surface area (Å²) in [6.45, 7) is 5.51. The van der Waals surface area contributed by atoms with Gasteiger partial charge in [0.2, 0.25) is 0 Å². The van der Waals surface area contributed by atoms with E-state index >= 15 is 0 Å². The molecule has 2 amide bonds. The lowest BCUT2D eigenvalue weighted by molar-refractivity contribution is -0.0530. The molecule has 1 aliphatic heterocycles. The number of urea groups is 1. The zero-order valence-corrected chi connectivity index (χ0v) is 16.2. The molecule has 0 aliphatic carbocycles. The second-order valence-electron chi connectivity index (χ2n) is 7.06. The van der Waals surface area contributed by atoms with Gasteiger partial charge in [0.1, 0.15) is 12.4 Å². The number of carbonyl (C=O) groups excluding carboxylic acids is 1. The minimum Gasteiger partial charge on any atom is -0.489 e. The van der Waals surface area contributed by atoms with Crippen molar-refractivity contribution in [3.8, 4) is 11.8 Å². The predicted molar refractivity (Wildman–Crippen MR) is 107 cm³/mol. The molecule has 146 valence electrons. The van der Waals surface area contributed by atoms with E-state index in [1.807, 2.05) is 62.4 Å². The molecule has 0 saturated carbocycles. The van der Waals surface area contributed by atoms with Crippen molar-refractivity contribution in [2.24, 2.45) is 0 Å². The van der Waals surface area contributed by atoms with Gasteiger partial charge in [0.25, 0.3) is 0 Å². The van der Waals surface area contributed by atoms with Crippen molar-refractivity contribution in [2.45, 2.75) is 39.1 Å². The maximum atomic E-state index is 12.5. The number of nitriles is 1. The molecule has 3 rings (SSSR count). The molecule has 1 heterocycles. The minimum atomic E-state index is -0.117. The second kappa shape index (κ2) is 9.25. The molecule has 1 aliphatic rings. The lowest BCUT2D eigenvalue weighted by Gasteiger charge is -2.35. The Morgan fingerprint density at radius 3 is 2.57 bits per heavy atom. The fourth-order valence-electron chi connectivity index (χ4n) is 3.25. The summed E-state index contributed by atoms with van der Waals surface area (Å²) in [5.74, 6) is 0.743. The van der Waals surface area contributed by atoms with Crippen LogP contribution in [0.2, 0.25) is 0 Å². The predicted octanol–water partition coefficient (Wildman–Crippen LogP) is 3.97. The molecule has 6 heteroatoms. The number of hydrogen-bond donors (Lipinski definition) is 1. The van der Waals surface area contributed by atoms with Gasteiger partial charge in [-0.05, 0) is 49.2 Å².